The van der Waals surface area contributed by atoms with Crippen molar-refractivity contribution in [2.24, 2.45) is 0 Å². The standard InChI is InChI=1S/C14H14O3/c1-3-10-11-6-4-5-7-12(11)17-14(10)9(2)8-13(15)16/h4-8H,3H2,1-2H3,(H,15,16). The van der Waals surface area contributed by atoms with Crippen molar-refractivity contribution in [3.05, 3.63) is 41.7 Å². The predicted molar refractivity (Wildman–Crippen MR) is 66.9 cm³/mol. The Hall–Kier alpha value is -2.03. The molecule has 0 radical (unpaired) electrons. The van der Waals surface area contributed by atoms with Crippen LogP contribution >= 0.6 is 0 Å². The van der Waals surface area contributed by atoms with Gasteiger partial charge in [-0.1, -0.05) is 25.1 Å². The average molecular weight is 230 g/mol. The van der Waals surface area contributed by atoms with Gasteiger partial charge < -0.3 is 9.52 Å². The lowest BCUT2D eigenvalue weighted by Crippen LogP contribution is -1.91. The van der Waals surface area contributed by atoms with Gasteiger partial charge in [0.15, 0.2) is 0 Å². The summed E-state index contributed by atoms with van der Waals surface area (Å²) in [6.45, 7) is 3.79. The van der Waals surface area contributed by atoms with Crippen molar-refractivity contribution in [1.29, 1.82) is 0 Å². The number of hydrogen-bond donors (Lipinski definition) is 1. The molecule has 0 fully saturated rings. The van der Waals surface area contributed by atoms with Crippen LogP contribution in [0.1, 0.15) is 25.2 Å². The van der Waals surface area contributed by atoms with E-state index < -0.39 is 5.97 Å². The fourth-order valence-electron chi connectivity index (χ4n) is 2.02. The number of aryl methyl sites for hydroxylation is 1. The van der Waals surface area contributed by atoms with Gasteiger partial charge in [0, 0.05) is 17.0 Å². The highest BCUT2D eigenvalue weighted by Gasteiger charge is 2.13. The van der Waals surface area contributed by atoms with E-state index in [1.54, 1.807) is 6.92 Å². The first kappa shape index (κ1) is 11.5. The second-order valence-corrected chi connectivity index (χ2v) is 3.93. The third-order valence-electron chi connectivity index (χ3n) is 2.75. The highest BCUT2D eigenvalue weighted by atomic mass is 16.4. The molecule has 0 aliphatic rings. The van der Waals surface area contributed by atoms with E-state index in [1.165, 1.54) is 6.08 Å². The Morgan fingerprint density at radius 2 is 2.12 bits per heavy atom. The summed E-state index contributed by atoms with van der Waals surface area (Å²) < 4.78 is 5.72. The van der Waals surface area contributed by atoms with Gasteiger partial charge in [0.05, 0.1) is 0 Å². The number of rotatable bonds is 3. The van der Waals surface area contributed by atoms with Crippen LogP contribution in [0.25, 0.3) is 16.5 Å². The summed E-state index contributed by atoms with van der Waals surface area (Å²) in [4.78, 5) is 10.7. The molecule has 0 spiro atoms. The van der Waals surface area contributed by atoms with Gasteiger partial charge in [-0.2, -0.15) is 0 Å². The second-order valence-electron chi connectivity index (χ2n) is 3.93. The van der Waals surface area contributed by atoms with E-state index in [4.69, 9.17) is 9.52 Å². The molecular formula is C14H14O3. The van der Waals surface area contributed by atoms with Crippen LogP contribution in [0, 0.1) is 0 Å². The Morgan fingerprint density at radius 3 is 2.76 bits per heavy atom. The normalized spacial score (nSPS) is 12.0. The van der Waals surface area contributed by atoms with E-state index in [9.17, 15) is 4.79 Å². The predicted octanol–water partition coefficient (Wildman–Crippen LogP) is 3.48. The maximum atomic E-state index is 10.7. The van der Waals surface area contributed by atoms with E-state index in [1.807, 2.05) is 31.2 Å². The zero-order valence-corrected chi connectivity index (χ0v) is 9.86. The maximum Gasteiger partial charge on any atom is 0.328 e. The molecule has 1 heterocycles. The third-order valence-corrected chi connectivity index (χ3v) is 2.75. The average Bonchev–Trinajstić information content (AvgIpc) is 2.66. The first-order chi connectivity index (χ1) is 8.13. The Bertz CT molecular complexity index is 591. The van der Waals surface area contributed by atoms with Gasteiger partial charge in [0.2, 0.25) is 0 Å². The molecule has 17 heavy (non-hydrogen) atoms. The first-order valence-electron chi connectivity index (χ1n) is 5.55. The summed E-state index contributed by atoms with van der Waals surface area (Å²) >= 11 is 0. The minimum Gasteiger partial charge on any atom is -0.478 e. The summed E-state index contributed by atoms with van der Waals surface area (Å²) in [6, 6.07) is 7.75. The van der Waals surface area contributed by atoms with E-state index in [-0.39, 0.29) is 0 Å². The molecule has 0 atom stereocenters. The van der Waals surface area contributed by atoms with Crippen LogP contribution in [0.5, 0.6) is 0 Å². The fraction of sp³-hybridized carbons (Fsp3) is 0.214. The molecule has 0 saturated heterocycles. The van der Waals surface area contributed by atoms with Gasteiger partial charge in [-0.05, 0) is 25.0 Å². The highest BCUT2D eigenvalue weighted by Crippen LogP contribution is 2.30. The van der Waals surface area contributed by atoms with Crippen LogP contribution in [-0.4, -0.2) is 11.1 Å². The number of carboxylic acids is 1. The lowest BCUT2D eigenvalue weighted by Gasteiger charge is -1.99. The molecule has 3 heteroatoms. The molecule has 1 aromatic carbocycles. The number of fused-ring (bicyclic) bond motifs is 1. The van der Waals surface area contributed by atoms with E-state index in [2.05, 4.69) is 0 Å². The van der Waals surface area contributed by atoms with Crippen molar-refractivity contribution in [1.82, 2.24) is 0 Å². The summed E-state index contributed by atoms with van der Waals surface area (Å²) in [5.41, 5.74) is 2.51. The Morgan fingerprint density at radius 1 is 1.41 bits per heavy atom. The molecule has 0 aliphatic heterocycles. The number of allylic oxidation sites excluding steroid dienone is 1. The smallest absolute Gasteiger partial charge is 0.328 e. The number of benzene rings is 1. The van der Waals surface area contributed by atoms with Gasteiger partial charge in [0.25, 0.3) is 0 Å². The Labute approximate surface area is 99.4 Å². The molecule has 2 aromatic rings. The van der Waals surface area contributed by atoms with Gasteiger partial charge in [-0.25, -0.2) is 4.79 Å². The lowest BCUT2D eigenvalue weighted by molar-refractivity contribution is -0.131. The van der Waals surface area contributed by atoms with Crippen LogP contribution in [0.2, 0.25) is 0 Å². The van der Waals surface area contributed by atoms with E-state index in [0.717, 1.165) is 23.0 Å². The van der Waals surface area contributed by atoms with Crippen LogP contribution in [0.4, 0.5) is 0 Å². The quantitative estimate of drug-likeness (QED) is 0.821. The molecule has 0 bridgehead atoms. The number of hydrogen-bond acceptors (Lipinski definition) is 2. The Balaban J connectivity index is 2.65. The summed E-state index contributed by atoms with van der Waals surface area (Å²) in [5, 5.41) is 9.82. The van der Waals surface area contributed by atoms with Crippen molar-refractivity contribution < 1.29 is 14.3 Å². The molecule has 0 aliphatic carbocycles. The molecule has 0 unspecified atom stereocenters. The van der Waals surface area contributed by atoms with Gasteiger partial charge in [0.1, 0.15) is 11.3 Å². The second kappa shape index (κ2) is 4.45. The monoisotopic (exact) mass is 230 g/mol. The number of carboxylic acid groups (broad SMARTS) is 1. The highest BCUT2D eigenvalue weighted by molar-refractivity contribution is 5.92. The molecule has 88 valence electrons. The number of aliphatic carboxylic acids is 1. The van der Waals surface area contributed by atoms with Crippen molar-refractivity contribution >= 4 is 22.5 Å². The van der Waals surface area contributed by atoms with Crippen molar-refractivity contribution in [2.75, 3.05) is 0 Å². The van der Waals surface area contributed by atoms with Crippen molar-refractivity contribution in [3.63, 3.8) is 0 Å². The molecule has 1 aromatic heterocycles. The molecule has 2 rings (SSSR count). The topological polar surface area (TPSA) is 50.4 Å². The minimum absolute atomic E-state index is 0.644. The zero-order chi connectivity index (χ0) is 12.4. The number of carbonyl (C=O) groups is 1. The molecular weight excluding hydrogens is 216 g/mol. The first-order valence-corrected chi connectivity index (χ1v) is 5.55. The molecule has 0 amide bonds. The summed E-state index contributed by atoms with van der Waals surface area (Å²) in [6.07, 6.45) is 1.99. The fourth-order valence-corrected chi connectivity index (χ4v) is 2.02. The van der Waals surface area contributed by atoms with Gasteiger partial charge in [-0.3, -0.25) is 0 Å². The Kier molecular flexibility index (Phi) is 3.00. The maximum absolute atomic E-state index is 10.7. The van der Waals surface area contributed by atoms with Crippen LogP contribution in [-0.2, 0) is 11.2 Å². The van der Waals surface area contributed by atoms with Crippen LogP contribution < -0.4 is 0 Å². The van der Waals surface area contributed by atoms with Crippen molar-refractivity contribution in [2.45, 2.75) is 20.3 Å². The van der Waals surface area contributed by atoms with E-state index >= 15 is 0 Å². The minimum atomic E-state index is -0.954. The van der Waals surface area contributed by atoms with Gasteiger partial charge >= 0.3 is 5.97 Å². The zero-order valence-electron chi connectivity index (χ0n) is 9.86. The number of furan rings is 1. The SMILES string of the molecule is CCc1c(C(C)=CC(=O)O)oc2ccccc12. The van der Waals surface area contributed by atoms with E-state index in [0.29, 0.717) is 11.3 Å². The summed E-state index contributed by atoms with van der Waals surface area (Å²) in [7, 11) is 0. The van der Waals surface area contributed by atoms with Gasteiger partial charge in [-0.15, -0.1) is 0 Å². The third kappa shape index (κ3) is 2.09. The molecule has 3 nitrogen and oxygen atoms in total. The lowest BCUT2D eigenvalue weighted by atomic mass is 10.0. The number of para-hydroxylation sites is 1. The largest absolute Gasteiger partial charge is 0.478 e. The summed E-state index contributed by atoms with van der Waals surface area (Å²) in [5.74, 6) is -0.277. The van der Waals surface area contributed by atoms with Crippen LogP contribution in [0.3, 0.4) is 0 Å². The van der Waals surface area contributed by atoms with Crippen molar-refractivity contribution in [3.8, 4) is 0 Å². The molecule has 0 saturated carbocycles. The molecule has 1 N–H and O–H groups in total. The van der Waals surface area contributed by atoms with Crippen LogP contribution in [0.15, 0.2) is 34.8 Å².